The number of benzene rings is 2. The molecule has 146 valence electrons. The summed E-state index contributed by atoms with van der Waals surface area (Å²) in [6.45, 7) is 6.35. The second-order valence-electron chi connectivity index (χ2n) is 7.07. The fraction of sp³-hybridized carbons (Fsp3) is 0.263. The van der Waals surface area contributed by atoms with E-state index in [1.165, 1.54) is 11.0 Å². The predicted octanol–water partition coefficient (Wildman–Crippen LogP) is 2.51. The summed E-state index contributed by atoms with van der Waals surface area (Å²) in [5.41, 5.74) is 7.49. The molecule has 0 aliphatic heterocycles. The number of tetrazole rings is 1. The number of nitrogens with zero attached hydrogens (tertiary/aromatic N) is 5. The summed E-state index contributed by atoms with van der Waals surface area (Å²) >= 11 is 0. The van der Waals surface area contributed by atoms with Gasteiger partial charge in [-0.1, -0.05) is 17.3 Å². The minimum atomic E-state index is -0.250. The van der Waals surface area contributed by atoms with Gasteiger partial charge >= 0.3 is 0 Å². The molecule has 0 aliphatic rings. The molecule has 1 aromatic heterocycles. The average molecular weight is 382 g/mol. The van der Waals surface area contributed by atoms with Gasteiger partial charge in [0.05, 0.1) is 0 Å². The molecule has 3 rings (SSSR count). The molecule has 1 heterocycles. The third kappa shape index (κ3) is 4.76. The van der Waals surface area contributed by atoms with Crippen LogP contribution in [0.1, 0.15) is 31.9 Å². The molecule has 0 saturated heterocycles. The van der Waals surface area contributed by atoms with Crippen LogP contribution < -0.4 is 15.2 Å². The summed E-state index contributed by atoms with van der Waals surface area (Å²) in [4.78, 5) is 0. The lowest BCUT2D eigenvalue weighted by Gasteiger charge is -2.21. The zero-order chi connectivity index (χ0) is 20.1. The SMILES string of the molecule is CC(C)(C)Oc1ccc(COc2ccc(C(N)=NO)cc2-n2cnnn2)cc1. The van der Waals surface area contributed by atoms with E-state index in [-0.39, 0.29) is 11.4 Å². The van der Waals surface area contributed by atoms with E-state index in [4.69, 9.17) is 20.4 Å². The Bertz CT molecular complexity index is 947. The maximum Gasteiger partial charge on any atom is 0.170 e. The third-order valence-corrected chi connectivity index (χ3v) is 3.70. The molecule has 0 bridgehead atoms. The highest BCUT2D eigenvalue weighted by Crippen LogP contribution is 2.25. The van der Waals surface area contributed by atoms with Crippen molar-refractivity contribution in [3.63, 3.8) is 0 Å². The van der Waals surface area contributed by atoms with Gasteiger partial charge in [0.1, 0.15) is 35.7 Å². The van der Waals surface area contributed by atoms with Crippen molar-refractivity contribution in [2.75, 3.05) is 0 Å². The highest BCUT2D eigenvalue weighted by atomic mass is 16.5. The lowest BCUT2D eigenvalue weighted by Crippen LogP contribution is -2.22. The molecule has 2 aromatic carbocycles. The number of aromatic nitrogens is 4. The normalized spacial score (nSPS) is 12.0. The Kier molecular flexibility index (Phi) is 5.44. The molecule has 3 N–H and O–H groups in total. The van der Waals surface area contributed by atoms with Gasteiger partial charge in [0.25, 0.3) is 0 Å². The minimum Gasteiger partial charge on any atom is -0.488 e. The molecule has 0 amide bonds. The monoisotopic (exact) mass is 382 g/mol. The van der Waals surface area contributed by atoms with Crippen LogP contribution in [0.15, 0.2) is 53.9 Å². The first-order valence-electron chi connectivity index (χ1n) is 8.62. The Labute approximate surface area is 162 Å². The second-order valence-corrected chi connectivity index (χ2v) is 7.07. The molecule has 0 spiro atoms. The summed E-state index contributed by atoms with van der Waals surface area (Å²) in [5.74, 6) is 1.33. The molecular formula is C19H22N6O3. The van der Waals surface area contributed by atoms with Crippen LogP contribution in [0, 0.1) is 0 Å². The highest BCUT2D eigenvalue weighted by molar-refractivity contribution is 5.97. The van der Waals surface area contributed by atoms with Crippen LogP contribution in [0.3, 0.4) is 0 Å². The molecule has 0 fully saturated rings. The summed E-state index contributed by atoms with van der Waals surface area (Å²) in [6, 6.07) is 12.8. The zero-order valence-corrected chi connectivity index (χ0v) is 15.9. The van der Waals surface area contributed by atoms with Crippen LogP contribution in [-0.4, -0.2) is 36.9 Å². The quantitative estimate of drug-likeness (QED) is 0.291. The van der Waals surface area contributed by atoms with Crippen molar-refractivity contribution in [1.29, 1.82) is 0 Å². The molecule has 0 unspecified atom stereocenters. The number of hydrogen-bond donors (Lipinski definition) is 2. The zero-order valence-electron chi connectivity index (χ0n) is 15.9. The summed E-state index contributed by atoms with van der Waals surface area (Å²) in [5, 5.41) is 23.1. The molecule has 0 radical (unpaired) electrons. The Balaban J connectivity index is 1.78. The van der Waals surface area contributed by atoms with Gasteiger partial charge in [-0.2, -0.15) is 4.68 Å². The molecule has 0 saturated carbocycles. The van der Waals surface area contributed by atoms with Crippen molar-refractivity contribution in [3.05, 3.63) is 59.9 Å². The van der Waals surface area contributed by atoms with Gasteiger partial charge in [0.15, 0.2) is 5.84 Å². The maximum absolute atomic E-state index is 8.90. The number of amidine groups is 1. The summed E-state index contributed by atoms with van der Waals surface area (Å²) < 4.78 is 13.2. The topological polar surface area (TPSA) is 121 Å². The van der Waals surface area contributed by atoms with Crippen molar-refractivity contribution in [1.82, 2.24) is 20.2 Å². The molecule has 3 aromatic rings. The maximum atomic E-state index is 8.90. The van der Waals surface area contributed by atoms with Gasteiger partial charge in [-0.15, -0.1) is 5.10 Å². The van der Waals surface area contributed by atoms with Crippen LogP contribution in [0.4, 0.5) is 0 Å². The van der Waals surface area contributed by atoms with Crippen molar-refractivity contribution in [2.45, 2.75) is 33.0 Å². The van der Waals surface area contributed by atoms with Gasteiger partial charge in [0.2, 0.25) is 0 Å². The Hall–Kier alpha value is -3.62. The first kappa shape index (κ1) is 19.2. The van der Waals surface area contributed by atoms with E-state index in [1.54, 1.807) is 18.2 Å². The van der Waals surface area contributed by atoms with Crippen LogP contribution in [0.2, 0.25) is 0 Å². The van der Waals surface area contributed by atoms with Crippen LogP contribution in [0.5, 0.6) is 11.5 Å². The van der Waals surface area contributed by atoms with Crippen LogP contribution >= 0.6 is 0 Å². The van der Waals surface area contributed by atoms with E-state index in [0.29, 0.717) is 23.6 Å². The molecule has 0 atom stereocenters. The number of hydrogen-bond acceptors (Lipinski definition) is 7. The number of nitrogens with two attached hydrogens (primary N) is 1. The first-order valence-corrected chi connectivity index (χ1v) is 8.62. The van der Waals surface area contributed by atoms with Gasteiger partial charge in [0, 0.05) is 5.56 Å². The van der Waals surface area contributed by atoms with Gasteiger partial charge in [-0.05, 0) is 67.1 Å². The third-order valence-electron chi connectivity index (χ3n) is 3.70. The van der Waals surface area contributed by atoms with Crippen molar-refractivity contribution in [2.24, 2.45) is 10.9 Å². The fourth-order valence-corrected chi connectivity index (χ4v) is 2.48. The average Bonchev–Trinajstić information content (AvgIpc) is 3.20. The minimum absolute atomic E-state index is 0.0182. The number of ether oxygens (including phenoxy) is 2. The Morgan fingerprint density at radius 1 is 1.18 bits per heavy atom. The largest absolute Gasteiger partial charge is 0.488 e. The fourth-order valence-electron chi connectivity index (χ4n) is 2.48. The number of rotatable bonds is 6. The van der Waals surface area contributed by atoms with Gasteiger partial charge in [-0.3, -0.25) is 0 Å². The van der Waals surface area contributed by atoms with Crippen molar-refractivity contribution >= 4 is 5.84 Å². The molecule has 9 nitrogen and oxygen atoms in total. The first-order chi connectivity index (χ1) is 13.4. The van der Waals surface area contributed by atoms with E-state index in [1.807, 2.05) is 45.0 Å². The van der Waals surface area contributed by atoms with Gasteiger partial charge in [-0.25, -0.2) is 0 Å². The highest BCUT2D eigenvalue weighted by Gasteiger charge is 2.13. The summed E-state index contributed by atoms with van der Waals surface area (Å²) in [6.07, 6.45) is 1.44. The van der Waals surface area contributed by atoms with Crippen LogP contribution in [-0.2, 0) is 6.61 Å². The lowest BCUT2D eigenvalue weighted by atomic mass is 10.1. The lowest BCUT2D eigenvalue weighted by molar-refractivity contribution is 0.131. The van der Waals surface area contributed by atoms with Gasteiger partial charge < -0.3 is 20.4 Å². The Morgan fingerprint density at radius 3 is 2.54 bits per heavy atom. The second kappa shape index (κ2) is 7.95. The van der Waals surface area contributed by atoms with E-state index >= 15 is 0 Å². The van der Waals surface area contributed by atoms with E-state index in [2.05, 4.69) is 20.7 Å². The Morgan fingerprint density at radius 2 is 1.93 bits per heavy atom. The molecular weight excluding hydrogens is 360 g/mol. The standard InChI is InChI=1S/C19H22N6O3/c1-19(2,3)28-15-7-4-13(5-8-15)11-27-17-9-6-14(18(20)22-26)10-16(17)25-12-21-23-24-25/h4-10,12,26H,11H2,1-3H3,(H2,20,22). The van der Waals surface area contributed by atoms with Crippen molar-refractivity contribution in [3.8, 4) is 17.2 Å². The molecule has 9 heteroatoms. The van der Waals surface area contributed by atoms with Crippen molar-refractivity contribution < 1.29 is 14.7 Å². The van der Waals surface area contributed by atoms with E-state index in [0.717, 1.165) is 11.3 Å². The molecule has 28 heavy (non-hydrogen) atoms. The van der Waals surface area contributed by atoms with E-state index in [9.17, 15) is 0 Å². The molecule has 0 aliphatic carbocycles. The number of oxime groups is 1. The smallest absolute Gasteiger partial charge is 0.170 e. The van der Waals surface area contributed by atoms with Crippen LogP contribution in [0.25, 0.3) is 5.69 Å². The predicted molar refractivity (Wildman–Crippen MR) is 103 cm³/mol. The summed E-state index contributed by atoms with van der Waals surface area (Å²) in [7, 11) is 0. The van der Waals surface area contributed by atoms with E-state index < -0.39 is 0 Å².